The van der Waals surface area contributed by atoms with Crippen molar-refractivity contribution in [3.63, 3.8) is 0 Å². The zero-order valence-electron chi connectivity index (χ0n) is 38.0. The van der Waals surface area contributed by atoms with Crippen LogP contribution >= 0.6 is 0 Å². The third-order valence-electron chi connectivity index (χ3n) is 11.0. The molecule has 5 heterocycles. The minimum absolute atomic E-state index is 0.00726. The van der Waals surface area contributed by atoms with E-state index in [0.717, 1.165) is 17.1 Å². The van der Waals surface area contributed by atoms with Crippen LogP contribution in [0.3, 0.4) is 0 Å². The molecule has 7 N–H and O–H groups in total. The lowest BCUT2D eigenvalue weighted by atomic mass is 10.1. The standard InChI is InChI=1S/C45H50N14O9/c1-6-58-31(19-25(3)52-58)42(66)50-44-48-29-21-27(40(46)64)23-33(60)38(29)56(44)15-8-9-16-57-39-30(49-45(57)51-43(67)32-20-26(4)53-59(32)7-2)22-28(41(47)65)24-34(39)68-18-10-14-54(5)35(61)13-17-55-36(62)11-12-37(55)63/h8-9,11-12,19-24,60H,6-7,10,13-18H2,1-5H3,(H2,46,64)(H2,47,65)(H,48,50,66)(H,49,51,67)/b9-8+. The Hall–Kier alpha value is -8.63. The van der Waals surface area contributed by atoms with Crippen LogP contribution in [0.15, 0.2) is 60.7 Å². The van der Waals surface area contributed by atoms with Crippen LogP contribution in [-0.2, 0) is 40.6 Å². The van der Waals surface area contributed by atoms with Crippen LogP contribution in [-0.4, -0.2) is 122 Å². The minimum atomic E-state index is -0.788. The molecule has 23 nitrogen and oxygen atoms in total. The fourth-order valence-corrected chi connectivity index (χ4v) is 7.71. The van der Waals surface area contributed by atoms with Gasteiger partial charge in [0.2, 0.25) is 29.6 Å². The number of nitrogens with two attached hydrogens (primary N) is 2. The first-order chi connectivity index (χ1) is 32.5. The van der Waals surface area contributed by atoms with Gasteiger partial charge in [-0.1, -0.05) is 12.2 Å². The van der Waals surface area contributed by atoms with Crippen molar-refractivity contribution in [1.29, 1.82) is 0 Å². The summed E-state index contributed by atoms with van der Waals surface area (Å²) < 4.78 is 12.6. The molecule has 0 aliphatic carbocycles. The van der Waals surface area contributed by atoms with E-state index < -0.39 is 35.4 Å². The van der Waals surface area contributed by atoms with Crippen LogP contribution in [0, 0.1) is 13.8 Å². The number of aromatic hydroxyl groups is 1. The fourth-order valence-electron chi connectivity index (χ4n) is 7.71. The number of rotatable bonds is 20. The number of carbonyl (C=O) groups excluding carboxylic acids is 7. The van der Waals surface area contributed by atoms with Gasteiger partial charge in [0, 0.05) is 76.0 Å². The Kier molecular flexibility index (Phi) is 13.8. The van der Waals surface area contributed by atoms with Gasteiger partial charge in [0.1, 0.15) is 33.9 Å². The summed E-state index contributed by atoms with van der Waals surface area (Å²) in [5, 5.41) is 25.6. The lowest BCUT2D eigenvalue weighted by molar-refractivity contribution is -0.138. The van der Waals surface area contributed by atoms with Gasteiger partial charge in [0.15, 0.2) is 0 Å². The number of amides is 7. The van der Waals surface area contributed by atoms with Crippen molar-refractivity contribution in [3.05, 3.63) is 94.6 Å². The average molecular weight is 931 g/mol. The highest BCUT2D eigenvalue weighted by Crippen LogP contribution is 2.33. The zero-order chi connectivity index (χ0) is 49.0. The number of fused-ring (bicyclic) bond motifs is 2. The molecule has 0 saturated carbocycles. The maximum atomic E-state index is 13.8. The predicted molar refractivity (Wildman–Crippen MR) is 247 cm³/mol. The number of phenols is 1. The molecule has 4 aromatic heterocycles. The highest BCUT2D eigenvalue weighted by molar-refractivity contribution is 6.13. The summed E-state index contributed by atoms with van der Waals surface area (Å²) in [6.45, 7) is 8.37. The number of carbonyl (C=O) groups is 7. The molecular weight excluding hydrogens is 881 g/mol. The van der Waals surface area contributed by atoms with E-state index in [0.29, 0.717) is 36.4 Å². The Balaban J connectivity index is 1.19. The first kappa shape index (κ1) is 47.3. The molecular formula is C45H50N14O9. The highest BCUT2D eigenvalue weighted by Gasteiger charge is 2.26. The van der Waals surface area contributed by atoms with Crippen LogP contribution in [0.5, 0.6) is 11.5 Å². The van der Waals surface area contributed by atoms with Crippen molar-refractivity contribution in [1.82, 2.24) is 48.5 Å². The number of ether oxygens (including phenoxy) is 1. The second-order valence-electron chi connectivity index (χ2n) is 15.8. The van der Waals surface area contributed by atoms with Crippen LogP contribution < -0.4 is 26.8 Å². The van der Waals surface area contributed by atoms with E-state index in [9.17, 15) is 38.7 Å². The fraction of sp³-hybridized carbons (Fsp3) is 0.311. The molecule has 0 radical (unpaired) electrons. The summed E-state index contributed by atoms with van der Waals surface area (Å²) in [5.74, 6) is -3.79. The van der Waals surface area contributed by atoms with Crippen molar-refractivity contribution in [2.45, 2.75) is 66.7 Å². The Labute approximate surface area is 388 Å². The van der Waals surface area contributed by atoms with Gasteiger partial charge in [-0.15, -0.1) is 0 Å². The summed E-state index contributed by atoms with van der Waals surface area (Å²) in [5.41, 5.74) is 14.2. The number of aromatic nitrogens is 8. The summed E-state index contributed by atoms with van der Waals surface area (Å²) in [6, 6.07) is 8.82. The highest BCUT2D eigenvalue weighted by atomic mass is 16.5. The lowest BCUT2D eigenvalue weighted by Gasteiger charge is -2.19. The van der Waals surface area contributed by atoms with E-state index in [1.807, 2.05) is 13.8 Å². The number of imidazole rings is 2. The number of hydrogen-bond acceptors (Lipinski definition) is 13. The maximum Gasteiger partial charge on any atom is 0.276 e. The smallest absolute Gasteiger partial charge is 0.276 e. The van der Waals surface area contributed by atoms with E-state index in [1.165, 1.54) is 29.2 Å². The summed E-state index contributed by atoms with van der Waals surface area (Å²) >= 11 is 0. The second-order valence-corrected chi connectivity index (χ2v) is 15.8. The van der Waals surface area contributed by atoms with E-state index >= 15 is 0 Å². The number of phenolic OH excluding ortho intramolecular Hbond substituents is 1. The lowest BCUT2D eigenvalue weighted by Crippen LogP contribution is -2.36. The second kappa shape index (κ2) is 19.9. The number of allylic oxidation sites excluding steroid dienone is 2. The summed E-state index contributed by atoms with van der Waals surface area (Å²) in [7, 11) is 1.59. The number of primary amides is 2. The largest absolute Gasteiger partial charge is 0.506 e. The van der Waals surface area contributed by atoms with Crippen molar-refractivity contribution in [2.75, 3.05) is 37.4 Å². The quantitative estimate of drug-likeness (QED) is 0.0418. The zero-order valence-corrected chi connectivity index (χ0v) is 38.0. The molecule has 0 unspecified atom stereocenters. The average Bonchev–Trinajstić information content (AvgIpc) is 4.12. The molecule has 2 aromatic carbocycles. The van der Waals surface area contributed by atoms with Crippen LogP contribution in [0.4, 0.5) is 11.9 Å². The molecule has 7 rings (SSSR count). The molecule has 0 spiro atoms. The van der Waals surface area contributed by atoms with Crippen LogP contribution in [0.2, 0.25) is 0 Å². The van der Waals surface area contributed by atoms with Gasteiger partial charge < -0.3 is 35.3 Å². The minimum Gasteiger partial charge on any atom is -0.506 e. The molecule has 23 heteroatoms. The SMILES string of the molecule is CCn1nc(C)cc1C(=O)Nc1nc2cc(C(N)=O)cc(O)c2n1C/C=C/Cn1c(NC(=O)c2cc(C)nn2CC)nc2cc(C(N)=O)cc(OCCCN(C)C(=O)CCN3C(=O)C=CC3=O)c21. The molecule has 0 saturated heterocycles. The molecule has 6 aromatic rings. The van der Waals surface area contributed by atoms with Crippen LogP contribution in [0.25, 0.3) is 22.1 Å². The summed E-state index contributed by atoms with van der Waals surface area (Å²) in [6.07, 6.45) is 6.05. The Morgan fingerprint density at radius 1 is 0.750 bits per heavy atom. The molecule has 354 valence electrons. The Morgan fingerprint density at radius 2 is 1.25 bits per heavy atom. The van der Waals surface area contributed by atoms with Gasteiger partial charge in [0.25, 0.3) is 23.6 Å². The van der Waals surface area contributed by atoms with E-state index in [2.05, 4.69) is 25.8 Å². The molecule has 1 aliphatic rings. The number of anilines is 2. The molecule has 1 aliphatic heterocycles. The number of aryl methyl sites for hydroxylation is 4. The van der Waals surface area contributed by atoms with Crippen molar-refractivity contribution in [3.8, 4) is 11.5 Å². The van der Waals surface area contributed by atoms with Gasteiger partial charge in [-0.3, -0.25) is 58.5 Å². The predicted octanol–water partition coefficient (Wildman–Crippen LogP) is 2.64. The van der Waals surface area contributed by atoms with Crippen molar-refractivity contribution < 1.29 is 43.4 Å². The van der Waals surface area contributed by atoms with Gasteiger partial charge in [0.05, 0.1) is 29.0 Å². The first-order valence-electron chi connectivity index (χ1n) is 21.6. The third kappa shape index (κ3) is 9.95. The van der Waals surface area contributed by atoms with Crippen LogP contribution in [0.1, 0.15) is 79.8 Å². The molecule has 68 heavy (non-hydrogen) atoms. The van der Waals surface area contributed by atoms with Gasteiger partial charge in [-0.25, -0.2) is 9.97 Å². The summed E-state index contributed by atoms with van der Waals surface area (Å²) in [4.78, 5) is 101. The number of benzene rings is 2. The molecule has 0 fully saturated rings. The van der Waals surface area contributed by atoms with E-state index in [4.69, 9.17) is 21.2 Å². The van der Waals surface area contributed by atoms with Gasteiger partial charge in [-0.2, -0.15) is 10.2 Å². The number of nitrogens with one attached hydrogen (secondary N) is 2. The topological polar surface area (TPSA) is 303 Å². The van der Waals surface area contributed by atoms with Gasteiger partial charge in [-0.05, 0) is 70.5 Å². The van der Waals surface area contributed by atoms with Gasteiger partial charge >= 0.3 is 0 Å². The Morgan fingerprint density at radius 3 is 1.76 bits per heavy atom. The number of imide groups is 1. The maximum absolute atomic E-state index is 13.8. The van der Waals surface area contributed by atoms with E-state index in [1.54, 1.807) is 63.7 Å². The molecule has 0 bridgehead atoms. The Bertz CT molecular complexity index is 3060. The van der Waals surface area contributed by atoms with Crippen molar-refractivity contribution >= 4 is 75.3 Å². The third-order valence-corrected chi connectivity index (χ3v) is 11.0. The van der Waals surface area contributed by atoms with Crippen molar-refractivity contribution in [2.24, 2.45) is 11.5 Å². The normalized spacial score (nSPS) is 12.5. The first-order valence-corrected chi connectivity index (χ1v) is 21.6. The van der Waals surface area contributed by atoms with E-state index in [-0.39, 0.29) is 108 Å². The molecule has 0 atom stereocenters. The monoisotopic (exact) mass is 930 g/mol. The number of nitrogens with zero attached hydrogens (tertiary/aromatic N) is 10. The molecule has 7 amide bonds. The number of hydrogen-bond donors (Lipinski definition) is 5.